The molecular formula is C11H14OS. The van der Waals surface area contributed by atoms with Crippen molar-refractivity contribution in [3.05, 3.63) is 34.5 Å². The highest BCUT2D eigenvalue weighted by Gasteiger charge is 2.09. The molecule has 0 saturated carbocycles. The SMILES string of the molecule is C=C(CCCC)C(=O)c1ccsc1. The summed E-state index contributed by atoms with van der Waals surface area (Å²) in [4.78, 5) is 11.6. The van der Waals surface area contributed by atoms with E-state index in [1.54, 1.807) is 11.3 Å². The average molecular weight is 194 g/mol. The standard InChI is InChI=1S/C11H14OS/c1-3-4-5-9(2)11(12)10-6-7-13-8-10/h6-8H,2-5H2,1H3. The second kappa shape index (κ2) is 4.97. The van der Waals surface area contributed by atoms with Crippen LogP contribution in [0.3, 0.4) is 0 Å². The lowest BCUT2D eigenvalue weighted by molar-refractivity contribution is 0.103. The molecular weight excluding hydrogens is 180 g/mol. The molecule has 0 aliphatic carbocycles. The minimum atomic E-state index is 0.106. The van der Waals surface area contributed by atoms with Crippen LogP contribution in [0, 0.1) is 0 Å². The number of unbranched alkanes of at least 4 members (excludes halogenated alkanes) is 1. The summed E-state index contributed by atoms with van der Waals surface area (Å²) in [6, 6.07) is 1.85. The monoisotopic (exact) mass is 194 g/mol. The van der Waals surface area contributed by atoms with E-state index in [1.807, 2.05) is 16.8 Å². The van der Waals surface area contributed by atoms with Gasteiger partial charge in [-0.3, -0.25) is 4.79 Å². The van der Waals surface area contributed by atoms with Crippen LogP contribution in [0.4, 0.5) is 0 Å². The number of carbonyl (C=O) groups is 1. The number of hydrogen-bond acceptors (Lipinski definition) is 2. The summed E-state index contributed by atoms with van der Waals surface area (Å²) in [6.45, 7) is 5.92. The zero-order chi connectivity index (χ0) is 9.68. The Hall–Kier alpha value is -0.890. The van der Waals surface area contributed by atoms with Gasteiger partial charge in [0.25, 0.3) is 0 Å². The normalized spacial score (nSPS) is 9.92. The molecule has 2 heteroatoms. The van der Waals surface area contributed by atoms with Gasteiger partial charge in [0.2, 0.25) is 0 Å². The first-order valence-electron chi connectivity index (χ1n) is 4.50. The summed E-state index contributed by atoms with van der Waals surface area (Å²) < 4.78 is 0. The molecule has 0 spiro atoms. The third kappa shape index (κ3) is 2.81. The maximum absolute atomic E-state index is 11.6. The van der Waals surface area contributed by atoms with Crippen molar-refractivity contribution < 1.29 is 4.79 Å². The Labute approximate surface area is 83.1 Å². The van der Waals surface area contributed by atoms with Crippen LogP contribution in [0.5, 0.6) is 0 Å². The summed E-state index contributed by atoms with van der Waals surface area (Å²) in [5.74, 6) is 0.106. The zero-order valence-electron chi connectivity index (χ0n) is 7.88. The van der Waals surface area contributed by atoms with Crippen molar-refractivity contribution in [2.45, 2.75) is 26.2 Å². The zero-order valence-corrected chi connectivity index (χ0v) is 8.69. The first-order valence-corrected chi connectivity index (χ1v) is 5.44. The van der Waals surface area contributed by atoms with E-state index < -0.39 is 0 Å². The first-order chi connectivity index (χ1) is 6.25. The predicted molar refractivity (Wildman–Crippen MR) is 57.3 cm³/mol. The van der Waals surface area contributed by atoms with Crippen LogP contribution in [-0.2, 0) is 0 Å². The molecule has 1 heterocycles. The van der Waals surface area contributed by atoms with E-state index in [0.29, 0.717) is 0 Å². The number of rotatable bonds is 5. The molecule has 70 valence electrons. The van der Waals surface area contributed by atoms with Crippen LogP contribution in [-0.4, -0.2) is 5.78 Å². The fourth-order valence-corrected chi connectivity index (χ4v) is 1.74. The van der Waals surface area contributed by atoms with Crippen molar-refractivity contribution in [3.8, 4) is 0 Å². The van der Waals surface area contributed by atoms with Gasteiger partial charge in [0.15, 0.2) is 5.78 Å². The first kappa shape index (κ1) is 10.2. The van der Waals surface area contributed by atoms with Gasteiger partial charge in [0, 0.05) is 10.9 Å². The van der Waals surface area contributed by atoms with Gasteiger partial charge in [-0.05, 0) is 29.9 Å². The summed E-state index contributed by atoms with van der Waals surface area (Å²) in [6.07, 6.45) is 2.98. The summed E-state index contributed by atoms with van der Waals surface area (Å²) >= 11 is 1.55. The Morgan fingerprint density at radius 3 is 2.92 bits per heavy atom. The highest BCUT2D eigenvalue weighted by Crippen LogP contribution is 2.14. The van der Waals surface area contributed by atoms with Crippen molar-refractivity contribution in [1.29, 1.82) is 0 Å². The Balaban J connectivity index is 2.53. The van der Waals surface area contributed by atoms with Gasteiger partial charge in [-0.1, -0.05) is 19.9 Å². The smallest absolute Gasteiger partial charge is 0.189 e. The van der Waals surface area contributed by atoms with Crippen molar-refractivity contribution >= 4 is 17.1 Å². The lowest BCUT2D eigenvalue weighted by Gasteiger charge is -2.00. The molecule has 1 nitrogen and oxygen atoms in total. The van der Waals surface area contributed by atoms with E-state index in [0.717, 1.165) is 30.4 Å². The van der Waals surface area contributed by atoms with Gasteiger partial charge in [0.1, 0.15) is 0 Å². The number of Topliss-reactive ketones (excluding diaryl/α,β-unsaturated/α-hetero) is 1. The van der Waals surface area contributed by atoms with E-state index in [9.17, 15) is 4.79 Å². The topological polar surface area (TPSA) is 17.1 Å². The number of carbonyl (C=O) groups excluding carboxylic acids is 1. The lowest BCUT2D eigenvalue weighted by atomic mass is 10.0. The summed E-state index contributed by atoms with van der Waals surface area (Å²) in [5.41, 5.74) is 1.52. The van der Waals surface area contributed by atoms with Crippen molar-refractivity contribution in [2.24, 2.45) is 0 Å². The molecule has 1 rings (SSSR count). The van der Waals surface area contributed by atoms with Crippen LogP contribution in [0.15, 0.2) is 29.0 Å². The molecule has 0 atom stereocenters. The second-order valence-electron chi connectivity index (χ2n) is 3.05. The molecule has 0 saturated heterocycles. The quantitative estimate of drug-likeness (QED) is 0.516. The van der Waals surface area contributed by atoms with E-state index >= 15 is 0 Å². The van der Waals surface area contributed by atoms with Gasteiger partial charge in [-0.2, -0.15) is 11.3 Å². The Kier molecular flexibility index (Phi) is 3.90. The average Bonchev–Trinajstić information content (AvgIpc) is 2.65. The molecule has 0 aromatic carbocycles. The third-order valence-corrected chi connectivity index (χ3v) is 2.62. The minimum Gasteiger partial charge on any atom is -0.289 e. The molecule has 0 aliphatic heterocycles. The highest BCUT2D eigenvalue weighted by molar-refractivity contribution is 7.08. The predicted octanol–water partition coefficient (Wildman–Crippen LogP) is 3.68. The molecule has 0 radical (unpaired) electrons. The van der Waals surface area contributed by atoms with Gasteiger partial charge in [0.05, 0.1) is 0 Å². The highest BCUT2D eigenvalue weighted by atomic mass is 32.1. The molecule has 0 unspecified atom stereocenters. The molecule has 0 fully saturated rings. The van der Waals surface area contributed by atoms with Crippen LogP contribution in [0.25, 0.3) is 0 Å². The van der Waals surface area contributed by atoms with E-state index in [4.69, 9.17) is 0 Å². The molecule has 0 aliphatic rings. The fraction of sp³-hybridized carbons (Fsp3) is 0.364. The molecule has 0 N–H and O–H groups in total. The summed E-state index contributed by atoms with van der Waals surface area (Å²) in [5, 5.41) is 3.79. The van der Waals surface area contributed by atoms with Gasteiger partial charge in [-0.15, -0.1) is 0 Å². The van der Waals surface area contributed by atoms with Crippen LogP contribution in [0.2, 0.25) is 0 Å². The van der Waals surface area contributed by atoms with Gasteiger partial charge >= 0.3 is 0 Å². The van der Waals surface area contributed by atoms with Crippen LogP contribution >= 0.6 is 11.3 Å². The third-order valence-electron chi connectivity index (χ3n) is 1.94. The van der Waals surface area contributed by atoms with E-state index in [2.05, 4.69) is 13.5 Å². The minimum absolute atomic E-state index is 0.106. The van der Waals surface area contributed by atoms with E-state index in [-0.39, 0.29) is 5.78 Å². The van der Waals surface area contributed by atoms with Crippen LogP contribution < -0.4 is 0 Å². The molecule has 0 amide bonds. The second-order valence-corrected chi connectivity index (χ2v) is 3.83. The maximum Gasteiger partial charge on any atom is 0.189 e. The van der Waals surface area contributed by atoms with E-state index in [1.165, 1.54) is 0 Å². The van der Waals surface area contributed by atoms with Crippen LogP contribution in [0.1, 0.15) is 36.5 Å². The Bertz CT molecular complexity index is 285. The summed E-state index contributed by atoms with van der Waals surface area (Å²) in [7, 11) is 0. The lowest BCUT2D eigenvalue weighted by Crippen LogP contribution is -2.00. The number of hydrogen-bond donors (Lipinski definition) is 0. The molecule has 1 aromatic rings. The largest absolute Gasteiger partial charge is 0.289 e. The van der Waals surface area contributed by atoms with Crippen molar-refractivity contribution in [2.75, 3.05) is 0 Å². The fourth-order valence-electron chi connectivity index (χ4n) is 1.10. The van der Waals surface area contributed by atoms with Gasteiger partial charge in [-0.25, -0.2) is 0 Å². The Morgan fingerprint density at radius 1 is 1.62 bits per heavy atom. The molecule has 1 aromatic heterocycles. The molecule has 0 bridgehead atoms. The van der Waals surface area contributed by atoms with Gasteiger partial charge < -0.3 is 0 Å². The number of thiophene rings is 1. The maximum atomic E-state index is 11.6. The van der Waals surface area contributed by atoms with Crippen molar-refractivity contribution in [1.82, 2.24) is 0 Å². The number of ketones is 1. The van der Waals surface area contributed by atoms with Crippen molar-refractivity contribution in [3.63, 3.8) is 0 Å². The number of allylic oxidation sites excluding steroid dienone is 1. The Morgan fingerprint density at radius 2 is 2.38 bits per heavy atom. The molecule has 13 heavy (non-hydrogen) atoms.